The van der Waals surface area contributed by atoms with Gasteiger partial charge in [-0.3, -0.25) is 9.59 Å². The highest BCUT2D eigenvalue weighted by molar-refractivity contribution is 6.07. The monoisotopic (exact) mass is 449 g/mol. The van der Waals surface area contributed by atoms with Gasteiger partial charge in [-0.05, 0) is 37.0 Å². The van der Waals surface area contributed by atoms with Gasteiger partial charge in [0, 0.05) is 49.8 Å². The first-order chi connectivity index (χ1) is 15.9. The predicted molar refractivity (Wildman–Crippen MR) is 128 cm³/mol. The fourth-order valence-electron chi connectivity index (χ4n) is 4.66. The number of benzene rings is 2. The molecule has 174 valence electrons. The van der Waals surface area contributed by atoms with Gasteiger partial charge in [0.25, 0.3) is 5.91 Å². The molecule has 7 nitrogen and oxygen atoms in total. The van der Waals surface area contributed by atoms with E-state index in [9.17, 15) is 9.59 Å². The Kier molecular flexibility index (Phi) is 6.58. The van der Waals surface area contributed by atoms with Gasteiger partial charge in [0.15, 0.2) is 0 Å². The largest absolute Gasteiger partial charge is 0.496 e. The molecule has 0 unspecified atom stereocenters. The second-order valence-electron chi connectivity index (χ2n) is 8.62. The normalized spacial score (nSPS) is 14.4. The van der Waals surface area contributed by atoms with Crippen molar-refractivity contribution in [2.24, 2.45) is 0 Å². The van der Waals surface area contributed by atoms with Crippen LogP contribution in [-0.2, 0) is 11.3 Å². The summed E-state index contributed by atoms with van der Waals surface area (Å²) < 4.78 is 13.1. The Hall–Kier alpha value is -3.48. The fraction of sp³-hybridized carbons (Fsp3) is 0.385. The minimum atomic E-state index is -0.0127. The minimum absolute atomic E-state index is 0.00712. The Morgan fingerprint density at radius 1 is 0.970 bits per heavy atom. The van der Waals surface area contributed by atoms with Crippen molar-refractivity contribution >= 4 is 22.7 Å². The number of hydrogen-bond donors (Lipinski definition) is 0. The molecule has 2 aromatic carbocycles. The number of methoxy groups -OCH3 is 2. The summed E-state index contributed by atoms with van der Waals surface area (Å²) in [6, 6.07) is 13.6. The number of fused-ring (bicyclic) bond motifs is 1. The van der Waals surface area contributed by atoms with Gasteiger partial charge in [-0.1, -0.05) is 24.3 Å². The third-order valence-electron chi connectivity index (χ3n) is 6.48. The van der Waals surface area contributed by atoms with Crippen molar-refractivity contribution in [3.63, 3.8) is 0 Å². The molecule has 3 aromatic rings. The van der Waals surface area contributed by atoms with Crippen molar-refractivity contribution in [3.05, 3.63) is 59.8 Å². The van der Waals surface area contributed by atoms with E-state index in [-0.39, 0.29) is 24.3 Å². The zero-order valence-corrected chi connectivity index (χ0v) is 19.7. The second-order valence-corrected chi connectivity index (χ2v) is 8.62. The molecule has 1 aliphatic heterocycles. The SMILES string of the molecule is COc1cccc(OC)c1C1CCN(C(=O)c2cn(CC(=O)N(C)C)c3ccccc23)CC1. The van der Waals surface area contributed by atoms with Crippen LogP contribution in [0.3, 0.4) is 0 Å². The molecule has 0 spiro atoms. The third-order valence-corrected chi connectivity index (χ3v) is 6.48. The van der Waals surface area contributed by atoms with Crippen molar-refractivity contribution in [1.82, 2.24) is 14.4 Å². The number of carbonyl (C=O) groups excluding carboxylic acids is 2. The van der Waals surface area contributed by atoms with Crippen LogP contribution in [0.5, 0.6) is 11.5 Å². The Morgan fingerprint density at radius 3 is 2.21 bits per heavy atom. The van der Waals surface area contributed by atoms with Crippen molar-refractivity contribution in [2.75, 3.05) is 41.4 Å². The zero-order chi connectivity index (χ0) is 23.5. The molecule has 2 amide bonds. The lowest BCUT2D eigenvalue weighted by molar-refractivity contribution is -0.129. The number of ether oxygens (including phenoxy) is 2. The van der Waals surface area contributed by atoms with Crippen LogP contribution in [0.2, 0.25) is 0 Å². The first-order valence-corrected chi connectivity index (χ1v) is 11.2. The molecule has 1 aliphatic rings. The van der Waals surface area contributed by atoms with Gasteiger partial charge < -0.3 is 23.8 Å². The highest BCUT2D eigenvalue weighted by Gasteiger charge is 2.29. The van der Waals surface area contributed by atoms with Crippen LogP contribution in [0.15, 0.2) is 48.7 Å². The Bertz CT molecular complexity index is 1140. The summed E-state index contributed by atoms with van der Waals surface area (Å²) in [5.41, 5.74) is 2.61. The third kappa shape index (κ3) is 4.40. The minimum Gasteiger partial charge on any atom is -0.496 e. The number of piperidine rings is 1. The molecule has 1 fully saturated rings. The molecule has 33 heavy (non-hydrogen) atoms. The van der Waals surface area contributed by atoms with Crippen LogP contribution in [0.25, 0.3) is 10.9 Å². The van der Waals surface area contributed by atoms with Gasteiger partial charge in [-0.2, -0.15) is 0 Å². The number of hydrogen-bond acceptors (Lipinski definition) is 4. The van der Waals surface area contributed by atoms with E-state index in [1.54, 1.807) is 33.2 Å². The number of carbonyl (C=O) groups is 2. The summed E-state index contributed by atoms with van der Waals surface area (Å²) in [6.45, 7) is 1.51. The number of nitrogens with zero attached hydrogens (tertiary/aromatic N) is 3. The van der Waals surface area contributed by atoms with Crippen molar-refractivity contribution in [2.45, 2.75) is 25.3 Å². The molecule has 1 aromatic heterocycles. The fourth-order valence-corrected chi connectivity index (χ4v) is 4.66. The summed E-state index contributed by atoms with van der Waals surface area (Å²) in [6.07, 6.45) is 3.49. The van der Waals surface area contributed by atoms with E-state index in [0.717, 1.165) is 40.8 Å². The van der Waals surface area contributed by atoms with E-state index in [0.29, 0.717) is 18.7 Å². The van der Waals surface area contributed by atoms with Crippen molar-refractivity contribution in [3.8, 4) is 11.5 Å². The Morgan fingerprint density at radius 2 is 1.61 bits per heavy atom. The van der Waals surface area contributed by atoms with E-state index in [2.05, 4.69) is 0 Å². The molecule has 2 heterocycles. The average Bonchev–Trinajstić information content (AvgIpc) is 3.21. The molecule has 7 heteroatoms. The van der Waals surface area contributed by atoms with Gasteiger partial charge in [0.2, 0.25) is 5.91 Å². The number of amides is 2. The van der Waals surface area contributed by atoms with Crippen LogP contribution in [0.1, 0.15) is 34.7 Å². The van der Waals surface area contributed by atoms with E-state index >= 15 is 0 Å². The van der Waals surface area contributed by atoms with Crippen LogP contribution in [0, 0.1) is 0 Å². The predicted octanol–water partition coefficient (Wildman–Crippen LogP) is 3.77. The smallest absolute Gasteiger partial charge is 0.256 e. The van der Waals surface area contributed by atoms with Crippen LogP contribution in [0.4, 0.5) is 0 Å². The highest BCUT2D eigenvalue weighted by Crippen LogP contribution is 2.40. The molecule has 0 saturated carbocycles. The standard InChI is InChI=1S/C26H31N3O4/c1-27(2)24(30)17-29-16-20(19-8-5-6-9-21(19)29)26(31)28-14-12-18(13-15-28)25-22(32-3)10-7-11-23(25)33-4/h5-11,16,18H,12-15,17H2,1-4H3. The number of aromatic nitrogens is 1. The molecule has 0 N–H and O–H groups in total. The average molecular weight is 450 g/mol. The molecule has 0 atom stereocenters. The number of rotatable bonds is 6. The van der Waals surface area contributed by atoms with Gasteiger partial charge in [0.1, 0.15) is 18.0 Å². The van der Waals surface area contributed by atoms with Crippen LogP contribution >= 0.6 is 0 Å². The Labute approximate surface area is 194 Å². The van der Waals surface area contributed by atoms with Gasteiger partial charge in [-0.25, -0.2) is 0 Å². The van der Waals surface area contributed by atoms with Gasteiger partial charge in [0.05, 0.1) is 19.8 Å². The van der Waals surface area contributed by atoms with E-state index in [1.807, 2.05) is 58.1 Å². The lowest BCUT2D eigenvalue weighted by atomic mass is 9.88. The van der Waals surface area contributed by atoms with E-state index < -0.39 is 0 Å². The van der Waals surface area contributed by atoms with Crippen molar-refractivity contribution < 1.29 is 19.1 Å². The topological polar surface area (TPSA) is 64.0 Å². The van der Waals surface area contributed by atoms with Crippen LogP contribution in [-0.4, -0.2) is 67.6 Å². The number of para-hydroxylation sites is 1. The summed E-state index contributed by atoms with van der Waals surface area (Å²) >= 11 is 0. The zero-order valence-electron chi connectivity index (χ0n) is 19.7. The van der Waals surface area contributed by atoms with E-state index in [4.69, 9.17) is 9.47 Å². The summed E-state index contributed by atoms with van der Waals surface area (Å²) in [5.74, 6) is 1.91. The maximum atomic E-state index is 13.5. The first kappa shape index (κ1) is 22.7. The second kappa shape index (κ2) is 9.57. The summed E-state index contributed by atoms with van der Waals surface area (Å²) in [4.78, 5) is 29.3. The van der Waals surface area contributed by atoms with E-state index in [1.165, 1.54) is 0 Å². The molecule has 1 saturated heterocycles. The molecule has 4 rings (SSSR count). The molecule has 0 radical (unpaired) electrons. The van der Waals surface area contributed by atoms with Crippen LogP contribution < -0.4 is 9.47 Å². The maximum absolute atomic E-state index is 13.5. The molecular formula is C26H31N3O4. The highest BCUT2D eigenvalue weighted by atomic mass is 16.5. The lowest BCUT2D eigenvalue weighted by Gasteiger charge is -2.33. The molecular weight excluding hydrogens is 418 g/mol. The number of likely N-dealkylation sites (tertiary alicyclic amines) is 1. The summed E-state index contributed by atoms with van der Waals surface area (Å²) in [7, 11) is 6.82. The van der Waals surface area contributed by atoms with Crippen molar-refractivity contribution in [1.29, 1.82) is 0 Å². The lowest BCUT2D eigenvalue weighted by Crippen LogP contribution is -2.38. The Balaban J connectivity index is 1.55. The molecule has 0 bridgehead atoms. The summed E-state index contributed by atoms with van der Waals surface area (Å²) in [5, 5.41) is 0.877. The molecule has 0 aliphatic carbocycles. The quantitative estimate of drug-likeness (QED) is 0.575. The van der Waals surface area contributed by atoms with Gasteiger partial charge >= 0.3 is 0 Å². The van der Waals surface area contributed by atoms with Gasteiger partial charge in [-0.15, -0.1) is 0 Å². The number of likely N-dealkylation sites (N-methyl/N-ethyl adjacent to an activating group) is 1. The first-order valence-electron chi connectivity index (χ1n) is 11.2. The maximum Gasteiger partial charge on any atom is 0.256 e.